The molecule has 0 aliphatic heterocycles. The van der Waals surface area contributed by atoms with Crippen LogP contribution in [-0.4, -0.2) is 42.8 Å². The van der Waals surface area contributed by atoms with Gasteiger partial charge in [-0.05, 0) is 40.3 Å². The highest BCUT2D eigenvalue weighted by atomic mass is 19.4. The van der Waals surface area contributed by atoms with Gasteiger partial charge in [-0.25, -0.2) is 0 Å². The molecule has 0 rings (SSSR count). The first kappa shape index (κ1) is 17.2. The van der Waals surface area contributed by atoms with Crippen molar-refractivity contribution in [1.29, 1.82) is 5.26 Å². The van der Waals surface area contributed by atoms with E-state index in [2.05, 4.69) is 11.4 Å². The van der Waals surface area contributed by atoms with E-state index in [1.807, 2.05) is 6.92 Å². The fourth-order valence-electron chi connectivity index (χ4n) is 1.90. The molecule has 0 bridgehead atoms. The lowest BCUT2D eigenvalue weighted by Gasteiger charge is -2.33. The maximum Gasteiger partial charge on any atom is 0.401 e. The summed E-state index contributed by atoms with van der Waals surface area (Å²) >= 11 is 0. The van der Waals surface area contributed by atoms with Crippen molar-refractivity contribution in [2.45, 2.75) is 51.4 Å². The van der Waals surface area contributed by atoms with Crippen molar-refractivity contribution in [3.63, 3.8) is 0 Å². The van der Waals surface area contributed by atoms with Crippen LogP contribution in [0.25, 0.3) is 0 Å². The van der Waals surface area contributed by atoms with Gasteiger partial charge in [0.15, 0.2) is 0 Å². The van der Waals surface area contributed by atoms with E-state index in [0.717, 1.165) is 0 Å². The first-order valence-corrected chi connectivity index (χ1v) is 6.08. The first-order chi connectivity index (χ1) is 8.17. The normalized spacial score (nSPS) is 17.3. The Hall–Kier alpha value is -0.800. The van der Waals surface area contributed by atoms with Gasteiger partial charge in [-0.1, -0.05) is 6.92 Å². The van der Waals surface area contributed by atoms with Gasteiger partial charge < -0.3 is 5.32 Å². The summed E-state index contributed by atoms with van der Waals surface area (Å²) in [4.78, 5) is 1.38. The average molecular weight is 265 g/mol. The molecule has 0 amide bonds. The van der Waals surface area contributed by atoms with Crippen LogP contribution in [0.5, 0.6) is 0 Å². The van der Waals surface area contributed by atoms with Crippen LogP contribution in [0.4, 0.5) is 13.2 Å². The number of nitrogens with zero attached hydrogens (tertiary/aromatic N) is 2. The molecule has 3 nitrogen and oxygen atoms in total. The summed E-state index contributed by atoms with van der Waals surface area (Å²) in [5.41, 5.74) is -0.795. The number of hydrogen-bond donors (Lipinski definition) is 1. The van der Waals surface area contributed by atoms with Crippen molar-refractivity contribution in [3.05, 3.63) is 0 Å². The Morgan fingerprint density at radius 2 is 1.94 bits per heavy atom. The standard InChI is InChI=1S/C12H22F3N3/c1-5-6-18(9-12(13,14)15)10(2)7-11(3,8-16)17-4/h10,17H,5-7,9H2,1-4H3. The Labute approximate surface area is 107 Å². The Kier molecular flexibility index (Phi) is 6.64. The van der Waals surface area contributed by atoms with E-state index in [1.165, 1.54) is 4.90 Å². The summed E-state index contributed by atoms with van der Waals surface area (Å²) in [6, 6.07) is 1.80. The van der Waals surface area contributed by atoms with E-state index in [4.69, 9.17) is 5.26 Å². The van der Waals surface area contributed by atoms with Gasteiger partial charge in [-0.15, -0.1) is 0 Å². The molecule has 1 N–H and O–H groups in total. The van der Waals surface area contributed by atoms with Crippen LogP contribution < -0.4 is 5.32 Å². The van der Waals surface area contributed by atoms with Crippen molar-refractivity contribution in [2.24, 2.45) is 0 Å². The van der Waals surface area contributed by atoms with Crippen LogP contribution in [0.15, 0.2) is 0 Å². The highest BCUT2D eigenvalue weighted by Crippen LogP contribution is 2.21. The molecule has 0 aromatic heterocycles. The topological polar surface area (TPSA) is 39.1 Å². The second kappa shape index (κ2) is 6.95. The third-order valence-electron chi connectivity index (χ3n) is 3.02. The molecule has 0 aliphatic carbocycles. The van der Waals surface area contributed by atoms with Crippen molar-refractivity contribution in [3.8, 4) is 6.07 Å². The highest BCUT2D eigenvalue weighted by molar-refractivity contribution is 5.04. The van der Waals surface area contributed by atoms with Crippen molar-refractivity contribution < 1.29 is 13.2 Å². The van der Waals surface area contributed by atoms with Crippen LogP contribution in [0.3, 0.4) is 0 Å². The SMILES string of the molecule is CCCN(CC(F)(F)F)C(C)CC(C)(C#N)NC. The number of nitrogens with one attached hydrogen (secondary N) is 1. The molecule has 0 aromatic rings. The largest absolute Gasteiger partial charge is 0.401 e. The molecule has 106 valence electrons. The minimum absolute atomic E-state index is 0.302. The maximum absolute atomic E-state index is 12.5. The smallest absolute Gasteiger partial charge is 0.303 e. The molecule has 0 aromatic carbocycles. The zero-order valence-corrected chi connectivity index (χ0v) is 11.4. The summed E-state index contributed by atoms with van der Waals surface area (Å²) in [5.74, 6) is 0. The van der Waals surface area contributed by atoms with Crippen LogP contribution >= 0.6 is 0 Å². The van der Waals surface area contributed by atoms with Gasteiger partial charge in [0, 0.05) is 6.04 Å². The summed E-state index contributed by atoms with van der Waals surface area (Å²) in [5, 5.41) is 11.9. The van der Waals surface area contributed by atoms with E-state index >= 15 is 0 Å². The molecule has 0 radical (unpaired) electrons. The molecule has 18 heavy (non-hydrogen) atoms. The van der Waals surface area contributed by atoms with Gasteiger partial charge in [0.05, 0.1) is 12.6 Å². The summed E-state index contributed by atoms with van der Waals surface area (Å²) in [6.45, 7) is 4.73. The Bertz CT molecular complexity index is 285. The molecule has 0 saturated heterocycles. The van der Waals surface area contributed by atoms with Crippen LogP contribution in [-0.2, 0) is 0 Å². The fourth-order valence-corrected chi connectivity index (χ4v) is 1.90. The van der Waals surface area contributed by atoms with Gasteiger partial charge in [0.25, 0.3) is 0 Å². The molecule has 0 aliphatic rings. The zero-order valence-electron chi connectivity index (χ0n) is 11.4. The van der Waals surface area contributed by atoms with Gasteiger partial charge in [0.1, 0.15) is 5.54 Å². The van der Waals surface area contributed by atoms with E-state index < -0.39 is 18.3 Å². The Morgan fingerprint density at radius 3 is 2.28 bits per heavy atom. The van der Waals surface area contributed by atoms with E-state index in [9.17, 15) is 13.2 Å². The Morgan fingerprint density at radius 1 is 1.39 bits per heavy atom. The quantitative estimate of drug-likeness (QED) is 0.769. The van der Waals surface area contributed by atoms with Crippen LogP contribution in [0.2, 0.25) is 0 Å². The lowest BCUT2D eigenvalue weighted by atomic mass is 9.94. The monoisotopic (exact) mass is 265 g/mol. The lowest BCUT2D eigenvalue weighted by Crippen LogP contribution is -2.48. The number of nitriles is 1. The van der Waals surface area contributed by atoms with Crippen LogP contribution in [0.1, 0.15) is 33.6 Å². The van der Waals surface area contributed by atoms with Gasteiger partial charge in [-0.3, -0.25) is 4.90 Å². The predicted molar refractivity (Wildman–Crippen MR) is 65.1 cm³/mol. The predicted octanol–water partition coefficient (Wildman–Crippen LogP) is 2.54. The Balaban J connectivity index is 4.67. The van der Waals surface area contributed by atoms with Crippen LogP contribution in [0, 0.1) is 11.3 Å². The lowest BCUT2D eigenvalue weighted by molar-refractivity contribution is -0.151. The second-order valence-corrected chi connectivity index (χ2v) is 4.83. The minimum atomic E-state index is -4.20. The molecule has 2 unspecified atom stereocenters. The molecule has 2 atom stereocenters. The van der Waals surface area contributed by atoms with Gasteiger partial charge in [-0.2, -0.15) is 18.4 Å². The maximum atomic E-state index is 12.5. The number of hydrogen-bond acceptors (Lipinski definition) is 3. The van der Waals surface area contributed by atoms with E-state index in [-0.39, 0.29) is 6.04 Å². The fraction of sp³-hybridized carbons (Fsp3) is 0.917. The molecule has 0 spiro atoms. The molecule has 0 fully saturated rings. The van der Waals surface area contributed by atoms with Gasteiger partial charge in [0.2, 0.25) is 0 Å². The zero-order chi connectivity index (χ0) is 14.4. The summed E-state index contributed by atoms with van der Waals surface area (Å²) in [6.07, 6.45) is -3.19. The van der Waals surface area contributed by atoms with Crippen molar-refractivity contribution >= 4 is 0 Å². The number of rotatable bonds is 7. The summed E-state index contributed by atoms with van der Waals surface area (Å²) in [7, 11) is 1.64. The van der Waals surface area contributed by atoms with E-state index in [0.29, 0.717) is 19.4 Å². The third-order valence-corrected chi connectivity index (χ3v) is 3.02. The van der Waals surface area contributed by atoms with E-state index in [1.54, 1.807) is 20.9 Å². The third kappa shape index (κ3) is 6.22. The number of halogens is 3. The highest BCUT2D eigenvalue weighted by Gasteiger charge is 2.34. The molecular weight excluding hydrogens is 243 g/mol. The van der Waals surface area contributed by atoms with Gasteiger partial charge >= 0.3 is 6.18 Å². The molecule has 0 heterocycles. The van der Waals surface area contributed by atoms with Crippen molar-refractivity contribution in [1.82, 2.24) is 10.2 Å². The molecule has 0 saturated carbocycles. The van der Waals surface area contributed by atoms with Crippen molar-refractivity contribution in [2.75, 3.05) is 20.1 Å². The molecule has 6 heteroatoms. The first-order valence-electron chi connectivity index (χ1n) is 6.08. The average Bonchev–Trinajstić information content (AvgIpc) is 2.26. The minimum Gasteiger partial charge on any atom is -0.303 e. The molecular formula is C12H22F3N3. The second-order valence-electron chi connectivity index (χ2n) is 4.83. The number of alkyl halides is 3. The summed E-state index contributed by atoms with van der Waals surface area (Å²) < 4.78 is 37.4.